The maximum atomic E-state index is 4.54. The highest BCUT2D eigenvalue weighted by atomic mass is 15.3. The van der Waals surface area contributed by atoms with Gasteiger partial charge in [0, 0.05) is 19.2 Å². The number of aromatic amines is 1. The van der Waals surface area contributed by atoms with Gasteiger partial charge in [-0.3, -0.25) is 9.78 Å². The first-order valence-corrected chi connectivity index (χ1v) is 5.73. The van der Waals surface area contributed by atoms with Crippen molar-refractivity contribution >= 4 is 0 Å². The second kappa shape index (κ2) is 3.43. The van der Waals surface area contributed by atoms with Gasteiger partial charge >= 0.3 is 0 Å². The second-order valence-corrected chi connectivity index (χ2v) is 4.34. The maximum absolute atomic E-state index is 4.54. The summed E-state index contributed by atoms with van der Waals surface area (Å²) in [6.07, 6.45) is 5.37. The molecule has 3 rings (SSSR count). The lowest BCUT2D eigenvalue weighted by atomic mass is 10.2. The Bertz CT molecular complexity index is 506. The van der Waals surface area contributed by atoms with Gasteiger partial charge in [-0.05, 0) is 19.3 Å². The molecule has 0 saturated heterocycles. The van der Waals surface area contributed by atoms with Crippen molar-refractivity contribution in [1.29, 1.82) is 0 Å². The van der Waals surface area contributed by atoms with Crippen LogP contribution in [0, 0.1) is 0 Å². The molecule has 0 radical (unpaired) electrons. The minimum atomic E-state index is 0.614. The van der Waals surface area contributed by atoms with Gasteiger partial charge in [0.15, 0.2) is 5.82 Å². The Hall–Kier alpha value is -1.65. The number of nitrogens with one attached hydrogen (secondary N) is 1. The van der Waals surface area contributed by atoms with Gasteiger partial charge < -0.3 is 0 Å². The van der Waals surface area contributed by atoms with E-state index in [1.54, 1.807) is 0 Å². The van der Waals surface area contributed by atoms with Gasteiger partial charge in [-0.15, -0.1) is 0 Å². The molecule has 1 aliphatic rings. The third kappa shape index (κ3) is 1.52. The molecule has 2 heterocycles. The van der Waals surface area contributed by atoms with Gasteiger partial charge in [0.25, 0.3) is 0 Å². The van der Waals surface area contributed by atoms with E-state index in [0.717, 1.165) is 29.3 Å². The minimum Gasteiger partial charge on any atom is -0.275 e. The molecule has 84 valence electrons. The molecule has 0 atom stereocenters. The summed E-state index contributed by atoms with van der Waals surface area (Å²) < 4.78 is 1.82. The van der Waals surface area contributed by atoms with Gasteiger partial charge in [0.05, 0.1) is 11.3 Å². The Morgan fingerprint density at radius 1 is 1.50 bits per heavy atom. The third-order valence-corrected chi connectivity index (χ3v) is 2.95. The van der Waals surface area contributed by atoms with E-state index < -0.39 is 0 Å². The Balaban J connectivity index is 1.99. The van der Waals surface area contributed by atoms with E-state index in [2.05, 4.69) is 27.2 Å². The molecule has 0 aromatic carbocycles. The van der Waals surface area contributed by atoms with Crippen LogP contribution in [0.25, 0.3) is 11.4 Å². The number of aromatic nitrogens is 5. The smallest absolute Gasteiger partial charge is 0.184 e. The van der Waals surface area contributed by atoms with Crippen LogP contribution >= 0.6 is 0 Å². The lowest BCUT2D eigenvalue weighted by Gasteiger charge is -1.91. The summed E-state index contributed by atoms with van der Waals surface area (Å²) in [5.74, 6) is 2.43. The molecule has 0 spiro atoms. The molecule has 2 aromatic rings. The summed E-state index contributed by atoms with van der Waals surface area (Å²) in [6, 6.07) is 0. The van der Waals surface area contributed by atoms with Gasteiger partial charge in [0.1, 0.15) is 5.82 Å². The highest BCUT2D eigenvalue weighted by molar-refractivity contribution is 5.56. The molecule has 1 fully saturated rings. The van der Waals surface area contributed by atoms with Crippen LogP contribution < -0.4 is 0 Å². The van der Waals surface area contributed by atoms with E-state index in [-0.39, 0.29) is 0 Å². The summed E-state index contributed by atoms with van der Waals surface area (Å²) in [5.41, 5.74) is 2.11. The molecule has 0 bridgehead atoms. The quantitative estimate of drug-likeness (QED) is 0.850. The van der Waals surface area contributed by atoms with Gasteiger partial charge in [0.2, 0.25) is 0 Å². The number of aryl methyl sites for hydroxylation is 2. The van der Waals surface area contributed by atoms with Crippen molar-refractivity contribution in [2.45, 2.75) is 32.1 Å². The van der Waals surface area contributed by atoms with Gasteiger partial charge in [-0.1, -0.05) is 6.92 Å². The topological polar surface area (TPSA) is 59.4 Å². The van der Waals surface area contributed by atoms with Crippen molar-refractivity contribution in [1.82, 2.24) is 25.0 Å². The van der Waals surface area contributed by atoms with Crippen LogP contribution in [-0.2, 0) is 13.5 Å². The van der Waals surface area contributed by atoms with Crippen LogP contribution in [-0.4, -0.2) is 25.0 Å². The van der Waals surface area contributed by atoms with Crippen LogP contribution in [0.15, 0.2) is 6.20 Å². The van der Waals surface area contributed by atoms with Crippen molar-refractivity contribution in [3.05, 3.63) is 17.7 Å². The molecule has 2 aromatic heterocycles. The molecule has 5 heteroatoms. The number of rotatable bonds is 3. The first kappa shape index (κ1) is 9.57. The van der Waals surface area contributed by atoms with Crippen molar-refractivity contribution in [3.63, 3.8) is 0 Å². The molecule has 0 unspecified atom stereocenters. The van der Waals surface area contributed by atoms with E-state index in [1.807, 2.05) is 17.9 Å². The maximum Gasteiger partial charge on any atom is 0.184 e. The van der Waals surface area contributed by atoms with Crippen LogP contribution in [0.1, 0.15) is 37.2 Å². The van der Waals surface area contributed by atoms with E-state index in [1.165, 1.54) is 12.8 Å². The Morgan fingerprint density at radius 2 is 2.31 bits per heavy atom. The van der Waals surface area contributed by atoms with Crippen LogP contribution in [0.2, 0.25) is 0 Å². The van der Waals surface area contributed by atoms with Gasteiger partial charge in [-0.25, -0.2) is 4.98 Å². The van der Waals surface area contributed by atoms with Gasteiger partial charge in [-0.2, -0.15) is 10.2 Å². The Labute approximate surface area is 93.9 Å². The average molecular weight is 217 g/mol. The fourth-order valence-electron chi connectivity index (χ4n) is 1.92. The molecule has 1 N–H and O–H groups in total. The molecular weight excluding hydrogens is 202 g/mol. The monoisotopic (exact) mass is 217 g/mol. The lowest BCUT2D eigenvalue weighted by molar-refractivity contribution is 0.746. The third-order valence-electron chi connectivity index (χ3n) is 2.95. The minimum absolute atomic E-state index is 0.614. The van der Waals surface area contributed by atoms with E-state index in [9.17, 15) is 0 Å². The van der Waals surface area contributed by atoms with E-state index in [0.29, 0.717) is 5.92 Å². The zero-order valence-electron chi connectivity index (χ0n) is 9.56. The standard InChI is InChI=1S/C11H15N5/c1-3-9-8(6-16(2)15-9)11-12-10(13-14-11)7-4-5-7/h6-7H,3-5H2,1-2H3,(H,12,13,14). The first-order valence-electron chi connectivity index (χ1n) is 5.73. The summed E-state index contributed by atoms with van der Waals surface area (Å²) >= 11 is 0. The predicted molar refractivity (Wildman–Crippen MR) is 59.9 cm³/mol. The molecule has 1 saturated carbocycles. The lowest BCUT2D eigenvalue weighted by Crippen LogP contribution is -1.89. The van der Waals surface area contributed by atoms with Crippen molar-refractivity contribution in [2.75, 3.05) is 0 Å². The average Bonchev–Trinajstić information content (AvgIpc) is 2.89. The molecule has 0 aliphatic heterocycles. The summed E-state index contributed by atoms with van der Waals surface area (Å²) in [7, 11) is 1.93. The van der Waals surface area contributed by atoms with Crippen LogP contribution in [0.3, 0.4) is 0 Å². The second-order valence-electron chi connectivity index (χ2n) is 4.34. The normalized spacial score (nSPS) is 15.6. The number of H-pyrrole nitrogens is 1. The zero-order valence-corrected chi connectivity index (χ0v) is 9.56. The SMILES string of the molecule is CCc1nn(C)cc1-c1n[nH]c(C2CC2)n1. The summed E-state index contributed by atoms with van der Waals surface area (Å²) in [4.78, 5) is 4.54. The van der Waals surface area contributed by atoms with Crippen LogP contribution in [0.5, 0.6) is 0 Å². The first-order chi connectivity index (χ1) is 7.78. The Kier molecular flexibility index (Phi) is 2.05. The van der Waals surface area contributed by atoms with Crippen molar-refractivity contribution in [3.8, 4) is 11.4 Å². The molecule has 5 nitrogen and oxygen atoms in total. The van der Waals surface area contributed by atoms with Crippen LogP contribution in [0.4, 0.5) is 0 Å². The summed E-state index contributed by atoms with van der Waals surface area (Å²) in [5, 5.41) is 11.7. The van der Waals surface area contributed by atoms with Crippen molar-refractivity contribution < 1.29 is 0 Å². The highest BCUT2D eigenvalue weighted by Crippen LogP contribution is 2.38. The molecule has 1 aliphatic carbocycles. The fourth-order valence-corrected chi connectivity index (χ4v) is 1.92. The Morgan fingerprint density at radius 3 is 3.00 bits per heavy atom. The molecular formula is C11H15N5. The summed E-state index contributed by atoms with van der Waals surface area (Å²) in [6.45, 7) is 2.10. The zero-order chi connectivity index (χ0) is 11.1. The van der Waals surface area contributed by atoms with E-state index in [4.69, 9.17) is 0 Å². The number of nitrogens with zero attached hydrogens (tertiary/aromatic N) is 4. The van der Waals surface area contributed by atoms with Crippen molar-refractivity contribution in [2.24, 2.45) is 7.05 Å². The predicted octanol–water partition coefficient (Wildman–Crippen LogP) is 1.65. The fraction of sp³-hybridized carbons (Fsp3) is 0.545. The number of hydrogen-bond donors (Lipinski definition) is 1. The molecule has 16 heavy (non-hydrogen) atoms. The molecule has 0 amide bonds. The highest BCUT2D eigenvalue weighted by Gasteiger charge is 2.27. The van der Waals surface area contributed by atoms with E-state index >= 15 is 0 Å². The largest absolute Gasteiger partial charge is 0.275 e. The number of hydrogen-bond acceptors (Lipinski definition) is 3.